The fraction of sp³-hybridized carbons (Fsp3) is 0.333. The zero-order chi connectivity index (χ0) is 19.2. The van der Waals surface area contributed by atoms with Gasteiger partial charge in [-0.05, 0) is 54.7 Å². The highest BCUT2D eigenvalue weighted by atomic mass is 19.1. The van der Waals surface area contributed by atoms with Crippen LogP contribution in [0.4, 0.5) is 8.78 Å². The molecular formula is C21H22F2N2O2. The van der Waals surface area contributed by atoms with Crippen LogP contribution in [0.15, 0.2) is 48.5 Å². The number of nitrogens with one attached hydrogen (secondary N) is 2. The van der Waals surface area contributed by atoms with Crippen molar-refractivity contribution in [1.29, 1.82) is 0 Å². The lowest BCUT2D eigenvalue weighted by atomic mass is 10.1. The Hall–Kier alpha value is -2.76. The molecule has 0 spiro atoms. The summed E-state index contributed by atoms with van der Waals surface area (Å²) in [6.07, 6.45) is 1.80. The van der Waals surface area contributed by atoms with Crippen LogP contribution >= 0.6 is 0 Å². The maximum atomic E-state index is 12.8. The van der Waals surface area contributed by atoms with Crippen molar-refractivity contribution in [3.63, 3.8) is 0 Å². The van der Waals surface area contributed by atoms with Crippen molar-refractivity contribution in [2.45, 2.75) is 19.3 Å². The Morgan fingerprint density at radius 3 is 1.48 bits per heavy atom. The highest BCUT2D eigenvalue weighted by molar-refractivity contribution is 5.92. The van der Waals surface area contributed by atoms with Crippen LogP contribution in [-0.4, -0.2) is 24.9 Å². The lowest BCUT2D eigenvalue weighted by Crippen LogP contribution is -2.32. The lowest BCUT2D eigenvalue weighted by molar-refractivity contribution is -0.127. The first kappa shape index (κ1) is 19.0. The first-order valence-electron chi connectivity index (χ1n) is 9.07. The van der Waals surface area contributed by atoms with Gasteiger partial charge < -0.3 is 10.6 Å². The molecule has 0 heterocycles. The molecule has 2 aromatic carbocycles. The predicted molar refractivity (Wildman–Crippen MR) is 97.8 cm³/mol. The van der Waals surface area contributed by atoms with Crippen molar-refractivity contribution in [1.82, 2.24) is 10.6 Å². The Kier molecular flexibility index (Phi) is 6.16. The molecule has 3 rings (SSSR count). The zero-order valence-electron chi connectivity index (χ0n) is 14.9. The fourth-order valence-electron chi connectivity index (χ4n) is 3.00. The van der Waals surface area contributed by atoms with Crippen molar-refractivity contribution >= 4 is 11.8 Å². The molecular weight excluding hydrogens is 350 g/mol. The summed E-state index contributed by atoms with van der Waals surface area (Å²) in [5.41, 5.74) is 1.89. The second-order valence-corrected chi connectivity index (χ2v) is 6.78. The lowest BCUT2D eigenvalue weighted by Gasteiger charge is -2.07. The summed E-state index contributed by atoms with van der Waals surface area (Å²) in [5.74, 6) is -1.34. The molecule has 2 atom stereocenters. The molecule has 1 aliphatic rings. The second kappa shape index (κ2) is 8.75. The Labute approximate surface area is 157 Å². The molecule has 0 radical (unpaired) electrons. The minimum Gasteiger partial charge on any atom is -0.356 e. The van der Waals surface area contributed by atoms with E-state index in [1.54, 1.807) is 24.3 Å². The SMILES string of the molecule is O=C(NCCc1ccc(F)cc1)C1CC1C(=O)NCCc1ccc(F)cc1. The third-order valence-corrected chi connectivity index (χ3v) is 4.72. The van der Waals surface area contributed by atoms with E-state index in [2.05, 4.69) is 10.6 Å². The Morgan fingerprint density at radius 1 is 0.741 bits per heavy atom. The maximum absolute atomic E-state index is 12.8. The van der Waals surface area contributed by atoms with Crippen LogP contribution in [0, 0.1) is 23.5 Å². The molecule has 0 aliphatic heterocycles. The van der Waals surface area contributed by atoms with Gasteiger partial charge in [0.2, 0.25) is 11.8 Å². The van der Waals surface area contributed by atoms with Crippen LogP contribution in [0.2, 0.25) is 0 Å². The molecule has 0 aromatic heterocycles. The standard InChI is InChI=1S/C21H22F2N2O2/c22-16-5-1-14(2-6-16)9-11-24-20(26)18-13-19(18)21(27)25-12-10-15-3-7-17(23)8-4-15/h1-8,18-19H,9-13H2,(H,24,26)(H,25,27). The van der Waals surface area contributed by atoms with Gasteiger partial charge in [-0.1, -0.05) is 24.3 Å². The quantitative estimate of drug-likeness (QED) is 0.748. The van der Waals surface area contributed by atoms with Crippen molar-refractivity contribution < 1.29 is 18.4 Å². The first-order valence-corrected chi connectivity index (χ1v) is 9.07. The molecule has 1 aliphatic carbocycles. The third kappa shape index (κ3) is 5.61. The highest BCUT2D eigenvalue weighted by Crippen LogP contribution is 2.38. The van der Waals surface area contributed by atoms with Gasteiger partial charge >= 0.3 is 0 Å². The van der Waals surface area contributed by atoms with Gasteiger partial charge in [0.1, 0.15) is 11.6 Å². The number of carbonyl (C=O) groups excluding carboxylic acids is 2. The number of amides is 2. The van der Waals surface area contributed by atoms with Crippen molar-refractivity contribution in [3.8, 4) is 0 Å². The van der Waals surface area contributed by atoms with E-state index in [1.807, 2.05) is 0 Å². The third-order valence-electron chi connectivity index (χ3n) is 4.72. The minimum absolute atomic E-state index is 0.115. The Bertz CT molecular complexity index is 723. The van der Waals surface area contributed by atoms with Crippen LogP contribution < -0.4 is 10.6 Å². The molecule has 4 nitrogen and oxygen atoms in total. The Morgan fingerprint density at radius 2 is 1.11 bits per heavy atom. The average Bonchev–Trinajstić information content (AvgIpc) is 3.46. The monoisotopic (exact) mass is 372 g/mol. The number of hydrogen-bond acceptors (Lipinski definition) is 2. The predicted octanol–water partition coefficient (Wildman–Crippen LogP) is 2.62. The summed E-state index contributed by atoms with van der Waals surface area (Å²) in [5, 5.41) is 5.66. The number of hydrogen-bond donors (Lipinski definition) is 2. The minimum atomic E-state index is -0.283. The van der Waals surface area contributed by atoms with Gasteiger partial charge in [-0.15, -0.1) is 0 Å². The van der Waals surface area contributed by atoms with Crippen molar-refractivity contribution in [2.24, 2.45) is 11.8 Å². The number of rotatable bonds is 8. The van der Waals surface area contributed by atoms with E-state index in [4.69, 9.17) is 0 Å². The zero-order valence-corrected chi connectivity index (χ0v) is 14.9. The van der Waals surface area contributed by atoms with Gasteiger partial charge in [0.05, 0.1) is 11.8 Å². The summed E-state index contributed by atoms with van der Waals surface area (Å²) in [6.45, 7) is 0.916. The molecule has 142 valence electrons. The van der Waals surface area contributed by atoms with E-state index in [9.17, 15) is 18.4 Å². The van der Waals surface area contributed by atoms with Gasteiger partial charge in [-0.3, -0.25) is 9.59 Å². The highest BCUT2D eigenvalue weighted by Gasteiger charge is 2.47. The van der Waals surface area contributed by atoms with Crippen LogP contribution in [0.5, 0.6) is 0 Å². The summed E-state index contributed by atoms with van der Waals surface area (Å²) in [4.78, 5) is 24.2. The van der Waals surface area contributed by atoms with Gasteiger partial charge in [0.15, 0.2) is 0 Å². The number of benzene rings is 2. The smallest absolute Gasteiger partial charge is 0.223 e. The van der Waals surface area contributed by atoms with E-state index < -0.39 is 0 Å². The van der Waals surface area contributed by atoms with Gasteiger partial charge in [0, 0.05) is 13.1 Å². The summed E-state index contributed by atoms with van der Waals surface area (Å²) < 4.78 is 25.7. The molecule has 6 heteroatoms. The molecule has 1 saturated carbocycles. The molecule has 2 amide bonds. The van der Waals surface area contributed by atoms with Crippen molar-refractivity contribution in [2.75, 3.05) is 13.1 Å². The average molecular weight is 372 g/mol. The molecule has 2 unspecified atom stereocenters. The molecule has 1 fully saturated rings. The van der Waals surface area contributed by atoms with Crippen LogP contribution in [-0.2, 0) is 22.4 Å². The van der Waals surface area contributed by atoms with Gasteiger partial charge in [-0.2, -0.15) is 0 Å². The van der Waals surface area contributed by atoms with Gasteiger partial charge in [0.25, 0.3) is 0 Å². The van der Waals surface area contributed by atoms with Gasteiger partial charge in [-0.25, -0.2) is 8.78 Å². The summed E-state index contributed by atoms with van der Waals surface area (Å²) >= 11 is 0. The summed E-state index contributed by atoms with van der Waals surface area (Å²) in [6, 6.07) is 12.3. The fourth-order valence-corrected chi connectivity index (χ4v) is 3.00. The Balaban J connectivity index is 1.33. The van der Waals surface area contributed by atoms with Crippen molar-refractivity contribution in [3.05, 3.63) is 71.3 Å². The second-order valence-electron chi connectivity index (χ2n) is 6.78. The van der Waals surface area contributed by atoms with Crippen LogP contribution in [0.3, 0.4) is 0 Å². The summed E-state index contributed by atoms with van der Waals surface area (Å²) in [7, 11) is 0. The largest absolute Gasteiger partial charge is 0.356 e. The number of carbonyl (C=O) groups is 2. The molecule has 0 bridgehead atoms. The number of halogens is 2. The van der Waals surface area contributed by atoms with E-state index in [-0.39, 0.29) is 35.3 Å². The molecule has 27 heavy (non-hydrogen) atoms. The molecule has 2 N–H and O–H groups in total. The van der Waals surface area contributed by atoms with Crippen LogP contribution in [0.25, 0.3) is 0 Å². The maximum Gasteiger partial charge on any atom is 0.223 e. The van der Waals surface area contributed by atoms with E-state index in [0.717, 1.165) is 11.1 Å². The first-order chi connectivity index (χ1) is 13.0. The van der Waals surface area contributed by atoms with E-state index in [0.29, 0.717) is 32.4 Å². The van der Waals surface area contributed by atoms with Crippen LogP contribution in [0.1, 0.15) is 17.5 Å². The molecule has 2 aromatic rings. The topological polar surface area (TPSA) is 58.2 Å². The molecule has 0 saturated heterocycles. The van der Waals surface area contributed by atoms with E-state index in [1.165, 1.54) is 24.3 Å². The normalized spacial score (nSPS) is 18.0. The van der Waals surface area contributed by atoms with E-state index >= 15 is 0 Å².